The van der Waals surface area contributed by atoms with Crippen molar-refractivity contribution in [1.29, 1.82) is 0 Å². The number of hydrogen-bond donors (Lipinski definition) is 2. The number of ether oxygens (including phenoxy) is 1. The molecule has 3 nitrogen and oxygen atoms in total. The molecule has 0 fully saturated rings. The highest BCUT2D eigenvalue weighted by atomic mass is 79.9. The summed E-state index contributed by atoms with van der Waals surface area (Å²) in [7, 11) is 1.64. The van der Waals surface area contributed by atoms with E-state index < -0.39 is 6.10 Å². The number of aliphatic hydroxyl groups is 1. The van der Waals surface area contributed by atoms with E-state index in [2.05, 4.69) is 15.9 Å². The van der Waals surface area contributed by atoms with Crippen LogP contribution in [0.2, 0.25) is 0 Å². The molecule has 2 atom stereocenters. The standard InChI is InChI=1S/C11H14BrNO2/c1-15-10-4-7(12)3-8-9(14)2-6(5-13)11(8)10/h3-4,6,9,14H,2,5,13H2,1H3. The maximum atomic E-state index is 9.90. The number of halogens is 1. The average Bonchev–Trinajstić information content (AvgIpc) is 2.55. The predicted octanol–water partition coefficient (Wildman–Crippen LogP) is 1.94. The highest BCUT2D eigenvalue weighted by Gasteiger charge is 2.32. The molecule has 0 radical (unpaired) electrons. The molecule has 0 heterocycles. The van der Waals surface area contributed by atoms with Crippen molar-refractivity contribution < 1.29 is 9.84 Å². The van der Waals surface area contributed by atoms with Gasteiger partial charge >= 0.3 is 0 Å². The van der Waals surface area contributed by atoms with Crippen LogP contribution in [0, 0.1) is 0 Å². The van der Waals surface area contributed by atoms with Crippen molar-refractivity contribution in [1.82, 2.24) is 0 Å². The van der Waals surface area contributed by atoms with E-state index in [0.29, 0.717) is 13.0 Å². The van der Waals surface area contributed by atoms with Gasteiger partial charge in [-0.1, -0.05) is 15.9 Å². The van der Waals surface area contributed by atoms with Gasteiger partial charge in [0.1, 0.15) is 5.75 Å². The Balaban J connectivity index is 2.56. The second-order valence-corrected chi connectivity index (χ2v) is 4.71. The fraction of sp³-hybridized carbons (Fsp3) is 0.455. The molecular weight excluding hydrogens is 258 g/mol. The molecule has 1 aliphatic rings. The Hall–Kier alpha value is -0.580. The molecule has 0 spiro atoms. The number of hydrogen-bond acceptors (Lipinski definition) is 3. The Morgan fingerprint density at radius 2 is 2.33 bits per heavy atom. The van der Waals surface area contributed by atoms with Crippen LogP contribution in [0.1, 0.15) is 29.6 Å². The van der Waals surface area contributed by atoms with Gasteiger partial charge in [-0.05, 0) is 30.7 Å². The fourth-order valence-corrected chi connectivity index (χ4v) is 2.68. The summed E-state index contributed by atoms with van der Waals surface area (Å²) in [6, 6.07) is 3.86. The molecule has 15 heavy (non-hydrogen) atoms. The fourth-order valence-electron chi connectivity index (χ4n) is 2.22. The van der Waals surface area contributed by atoms with Crippen LogP contribution in [0.15, 0.2) is 16.6 Å². The number of aliphatic hydroxyl groups excluding tert-OH is 1. The Bertz CT molecular complexity index is 381. The number of fused-ring (bicyclic) bond motifs is 1. The second-order valence-electron chi connectivity index (χ2n) is 3.80. The first kappa shape index (κ1) is 10.9. The number of rotatable bonds is 2. The monoisotopic (exact) mass is 271 g/mol. The lowest BCUT2D eigenvalue weighted by Crippen LogP contribution is -2.10. The summed E-state index contributed by atoms with van der Waals surface area (Å²) >= 11 is 3.40. The summed E-state index contributed by atoms with van der Waals surface area (Å²) < 4.78 is 6.25. The second kappa shape index (κ2) is 4.12. The molecule has 1 aromatic carbocycles. The van der Waals surface area contributed by atoms with Crippen molar-refractivity contribution in [3.8, 4) is 5.75 Å². The van der Waals surface area contributed by atoms with Crippen molar-refractivity contribution in [2.24, 2.45) is 5.73 Å². The number of benzene rings is 1. The third-order valence-electron chi connectivity index (χ3n) is 2.92. The topological polar surface area (TPSA) is 55.5 Å². The summed E-state index contributed by atoms with van der Waals surface area (Å²) in [6.07, 6.45) is 0.276. The van der Waals surface area contributed by atoms with E-state index in [9.17, 15) is 5.11 Å². The van der Waals surface area contributed by atoms with E-state index in [1.54, 1.807) is 7.11 Å². The third kappa shape index (κ3) is 1.77. The highest BCUT2D eigenvalue weighted by Crippen LogP contribution is 2.45. The van der Waals surface area contributed by atoms with Gasteiger partial charge in [-0.3, -0.25) is 0 Å². The molecule has 2 rings (SSSR count). The van der Waals surface area contributed by atoms with Gasteiger partial charge in [0.05, 0.1) is 13.2 Å². The molecule has 1 aliphatic carbocycles. The van der Waals surface area contributed by atoms with Gasteiger partial charge in [0.15, 0.2) is 0 Å². The van der Waals surface area contributed by atoms with Crippen molar-refractivity contribution in [3.05, 3.63) is 27.7 Å². The van der Waals surface area contributed by atoms with Crippen molar-refractivity contribution in [2.75, 3.05) is 13.7 Å². The summed E-state index contributed by atoms with van der Waals surface area (Å²) in [5.74, 6) is 1.02. The van der Waals surface area contributed by atoms with Gasteiger partial charge in [-0.15, -0.1) is 0 Å². The zero-order valence-corrected chi connectivity index (χ0v) is 10.1. The lowest BCUT2D eigenvalue weighted by atomic mass is 10.0. The minimum atomic E-state index is -0.417. The van der Waals surface area contributed by atoms with E-state index in [0.717, 1.165) is 21.3 Å². The van der Waals surface area contributed by atoms with Gasteiger partial charge in [0, 0.05) is 16.0 Å². The van der Waals surface area contributed by atoms with Crippen molar-refractivity contribution in [3.63, 3.8) is 0 Å². The maximum absolute atomic E-state index is 9.90. The summed E-state index contributed by atoms with van der Waals surface area (Å²) in [5, 5.41) is 9.90. The lowest BCUT2D eigenvalue weighted by Gasteiger charge is -2.13. The van der Waals surface area contributed by atoms with Crippen LogP contribution in [-0.2, 0) is 0 Å². The SMILES string of the molecule is COc1cc(Br)cc2c1C(CN)CC2O. The highest BCUT2D eigenvalue weighted by molar-refractivity contribution is 9.10. The molecule has 1 aromatic rings. The lowest BCUT2D eigenvalue weighted by molar-refractivity contribution is 0.173. The number of nitrogens with two attached hydrogens (primary N) is 1. The van der Waals surface area contributed by atoms with Crippen LogP contribution >= 0.6 is 15.9 Å². The Morgan fingerprint density at radius 1 is 1.60 bits per heavy atom. The molecule has 0 aliphatic heterocycles. The van der Waals surface area contributed by atoms with Crippen LogP contribution in [0.5, 0.6) is 5.75 Å². The van der Waals surface area contributed by atoms with E-state index in [1.165, 1.54) is 0 Å². The first-order chi connectivity index (χ1) is 7.17. The molecular formula is C11H14BrNO2. The van der Waals surface area contributed by atoms with Crippen LogP contribution in [0.25, 0.3) is 0 Å². The Morgan fingerprint density at radius 3 is 2.93 bits per heavy atom. The van der Waals surface area contributed by atoms with E-state index >= 15 is 0 Å². The summed E-state index contributed by atoms with van der Waals surface area (Å²) in [6.45, 7) is 0.544. The van der Waals surface area contributed by atoms with Gasteiger partial charge in [0.25, 0.3) is 0 Å². The van der Waals surface area contributed by atoms with E-state index in [-0.39, 0.29) is 5.92 Å². The molecule has 0 aromatic heterocycles. The molecule has 4 heteroatoms. The third-order valence-corrected chi connectivity index (χ3v) is 3.38. The minimum Gasteiger partial charge on any atom is -0.496 e. The van der Waals surface area contributed by atoms with Gasteiger partial charge in [-0.2, -0.15) is 0 Å². The molecule has 82 valence electrons. The quantitative estimate of drug-likeness (QED) is 0.865. The van der Waals surface area contributed by atoms with E-state index in [4.69, 9.17) is 10.5 Å². The van der Waals surface area contributed by atoms with Gasteiger partial charge < -0.3 is 15.6 Å². The first-order valence-corrected chi connectivity index (χ1v) is 5.72. The van der Waals surface area contributed by atoms with Crippen LogP contribution in [-0.4, -0.2) is 18.8 Å². The van der Waals surface area contributed by atoms with Gasteiger partial charge in [-0.25, -0.2) is 0 Å². The minimum absolute atomic E-state index is 0.207. The smallest absolute Gasteiger partial charge is 0.123 e. The zero-order valence-electron chi connectivity index (χ0n) is 8.53. The number of methoxy groups -OCH3 is 1. The van der Waals surface area contributed by atoms with Crippen LogP contribution < -0.4 is 10.5 Å². The molecule has 0 saturated carbocycles. The largest absolute Gasteiger partial charge is 0.496 e. The molecule has 0 bridgehead atoms. The molecule has 0 saturated heterocycles. The Labute approximate surface area is 97.4 Å². The Kier molecular flexibility index (Phi) is 3.00. The molecule has 3 N–H and O–H groups in total. The normalized spacial score (nSPS) is 24.0. The first-order valence-electron chi connectivity index (χ1n) is 4.92. The predicted molar refractivity (Wildman–Crippen MR) is 62.1 cm³/mol. The van der Waals surface area contributed by atoms with Crippen molar-refractivity contribution in [2.45, 2.75) is 18.4 Å². The molecule has 2 unspecified atom stereocenters. The van der Waals surface area contributed by atoms with Crippen LogP contribution in [0.3, 0.4) is 0 Å². The van der Waals surface area contributed by atoms with Crippen LogP contribution in [0.4, 0.5) is 0 Å². The summed E-state index contributed by atoms with van der Waals surface area (Å²) in [5.41, 5.74) is 7.70. The molecule has 0 amide bonds. The maximum Gasteiger partial charge on any atom is 0.123 e. The van der Waals surface area contributed by atoms with E-state index in [1.807, 2.05) is 12.1 Å². The van der Waals surface area contributed by atoms with Crippen molar-refractivity contribution >= 4 is 15.9 Å². The zero-order chi connectivity index (χ0) is 11.0. The van der Waals surface area contributed by atoms with Gasteiger partial charge in [0.2, 0.25) is 0 Å². The summed E-state index contributed by atoms with van der Waals surface area (Å²) in [4.78, 5) is 0. The average molecular weight is 272 g/mol.